The summed E-state index contributed by atoms with van der Waals surface area (Å²) in [4.78, 5) is 25.7. The van der Waals surface area contributed by atoms with Crippen LogP contribution >= 0.6 is 0 Å². The molecule has 0 aliphatic carbocycles. The highest BCUT2D eigenvalue weighted by molar-refractivity contribution is 5.79. The smallest absolute Gasteiger partial charge is 0.227 e. The first-order chi connectivity index (χ1) is 12.2. The fraction of sp³-hybridized carbons (Fsp3) is 0.421. The molecule has 1 aliphatic heterocycles. The van der Waals surface area contributed by atoms with Crippen LogP contribution in [-0.2, 0) is 11.2 Å². The van der Waals surface area contributed by atoms with Gasteiger partial charge in [-0.1, -0.05) is 30.3 Å². The van der Waals surface area contributed by atoms with Gasteiger partial charge in [-0.2, -0.15) is 4.98 Å². The highest BCUT2D eigenvalue weighted by atomic mass is 16.2. The van der Waals surface area contributed by atoms with E-state index in [4.69, 9.17) is 0 Å². The van der Waals surface area contributed by atoms with Crippen LogP contribution in [0, 0.1) is 6.92 Å². The second kappa shape index (κ2) is 7.96. The first kappa shape index (κ1) is 17.2. The van der Waals surface area contributed by atoms with Gasteiger partial charge in [-0.05, 0) is 19.4 Å². The third-order valence-corrected chi connectivity index (χ3v) is 4.31. The van der Waals surface area contributed by atoms with E-state index in [9.17, 15) is 4.79 Å². The number of aromatic nitrogens is 2. The Balaban J connectivity index is 1.59. The van der Waals surface area contributed by atoms with Gasteiger partial charge in [0.05, 0.1) is 6.42 Å². The molecule has 1 aromatic heterocycles. The fourth-order valence-corrected chi connectivity index (χ4v) is 3.00. The standard InChI is InChI=1S/C19H25N5O/c1-3-20-17-13-15(2)21-19(22-17)24-11-9-23(10-12-24)18(25)14-16-7-5-4-6-8-16/h4-8,13H,3,9-12,14H2,1-2H3,(H,20,21,22). The van der Waals surface area contributed by atoms with Crippen LogP contribution in [-0.4, -0.2) is 53.5 Å². The van der Waals surface area contributed by atoms with Gasteiger partial charge in [-0.3, -0.25) is 4.79 Å². The third-order valence-electron chi connectivity index (χ3n) is 4.31. The van der Waals surface area contributed by atoms with Crippen LogP contribution in [0.15, 0.2) is 36.4 Å². The van der Waals surface area contributed by atoms with Gasteiger partial charge in [0.2, 0.25) is 11.9 Å². The zero-order valence-electron chi connectivity index (χ0n) is 14.9. The van der Waals surface area contributed by atoms with Crippen molar-refractivity contribution in [2.45, 2.75) is 20.3 Å². The maximum atomic E-state index is 12.5. The van der Waals surface area contributed by atoms with Gasteiger partial charge in [0, 0.05) is 44.5 Å². The Morgan fingerprint density at radius 2 is 1.84 bits per heavy atom. The monoisotopic (exact) mass is 339 g/mol. The predicted molar refractivity (Wildman–Crippen MR) is 99.9 cm³/mol. The number of anilines is 2. The molecule has 0 saturated carbocycles. The van der Waals surface area contributed by atoms with Gasteiger partial charge < -0.3 is 15.1 Å². The van der Waals surface area contributed by atoms with Crippen molar-refractivity contribution in [3.8, 4) is 0 Å². The van der Waals surface area contributed by atoms with Crippen molar-refractivity contribution in [2.75, 3.05) is 42.9 Å². The minimum atomic E-state index is 0.185. The van der Waals surface area contributed by atoms with Gasteiger partial charge in [0.15, 0.2) is 0 Å². The molecule has 1 fully saturated rings. The summed E-state index contributed by atoms with van der Waals surface area (Å²) in [6.07, 6.45) is 0.465. The number of carbonyl (C=O) groups excluding carboxylic acids is 1. The number of carbonyl (C=O) groups is 1. The van der Waals surface area contributed by atoms with E-state index in [1.54, 1.807) is 0 Å². The van der Waals surface area contributed by atoms with Gasteiger partial charge >= 0.3 is 0 Å². The number of aryl methyl sites for hydroxylation is 1. The average Bonchev–Trinajstić information content (AvgIpc) is 2.62. The predicted octanol–water partition coefficient (Wildman–Crippen LogP) is 2.11. The van der Waals surface area contributed by atoms with Crippen LogP contribution in [0.4, 0.5) is 11.8 Å². The average molecular weight is 339 g/mol. The summed E-state index contributed by atoms with van der Waals surface area (Å²) in [5, 5.41) is 3.24. The highest BCUT2D eigenvalue weighted by Gasteiger charge is 2.23. The van der Waals surface area contributed by atoms with E-state index in [0.717, 1.165) is 42.7 Å². The van der Waals surface area contributed by atoms with Crippen LogP contribution < -0.4 is 10.2 Å². The normalized spacial score (nSPS) is 14.5. The van der Waals surface area contributed by atoms with E-state index in [0.29, 0.717) is 19.5 Å². The molecule has 1 N–H and O–H groups in total. The SMILES string of the molecule is CCNc1cc(C)nc(N2CCN(C(=O)Cc3ccccc3)CC2)n1. The second-order valence-electron chi connectivity index (χ2n) is 6.26. The quantitative estimate of drug-likeness (QED) is 0.904. The molecule has 0 unspecified atom stereocenters. The number of benzene rings is 1. The molecular formula is C19H25N5O. The van der Waals surface area contributed by atoms with Gasteiger partial charge in [0.1, 0.15) is 5.82 Å². The summed E-state index contributed by atoms with van der Waals surface area (Å²) < 4.78 is 0. The lowest BCUT2D eigenvalue weighted by Crippen LogP contribution is -2.49. The summed E-state index contributed by atoms with van der Waals surface area (Å²) in [5.41, 5.74) is 2.01. The Morgan fingerprint density at radius 1 is 1.12 bits per heavy atom. The van der Waals surface area contributed by atoms with Crippen molar-refractivity contribution < 1.29 is 4.79 Å². The molecule has 2 aromatic rings. The summed E-state index contributed by atoms with van der Waals surface area (Å²) in [5.74, 6) is 1.78. The molecule has 1 aromatic carbocycles. The molecule has 6 heteroatoms. The molecule has 1 amide bonds. The Labute approximate surface area is 148 Å². The number of rotatable bonds is 5. The van der Waals surface area contributed by atoms with E-state index in [-0.39, 0.29) is 5.91 Å². The molecule has 25 heavy (non-hydrogen) atoms. The summed E-state index contributed by atoms with van der Waals surface area (Å²) in [6, 6.07) is 11.9. The summed E-state index contributed by atoms with van der Waals surface area (Å²) in [6.45, 7) is 7.79. The maximum absolute atomic E-state index is 12.5. The number of hydrogen-bond donors (Lipinski definition) is 1. The third kappa shape index (κ3) is 4.47. The summed E-state index contributed by atoms with van der Waals surface area (Å²) >= 11 is 0. The lowest BCUT2D eigenvalue weighted by molar-refractivity contribution is -0.130. The Morgan fingerprint density at radius 3 is 2.52 bits per heavy atom. The summed E-state index contributed by atoms with van der Waals surface area (Å²) in [7, 11) is 0. The molecule has 132 valence electrons. The molecular weight excluding hydrogens is 314 g/mol. The molecule has 0 bridgehead atoms. The topological polar surface area (TPSA) is 61.4 Å². The van der Waals surface area contributed by atoms with Crippen molar-refractivity contribution in [3.63, 3.8) is 0 Å². The largest absolute Gasteiger partial charge is 0.370 e. The van der Waals surface area contributed by atoms with Gasteiger partial charge in [-0.15, -0.1) is 0 Å². The molecule has 6 nitrogen and oxygen atoms in total. The van der Waals surface area contributed by atoms with E-state index in [2.05, 4.69) is 20.2 Å². The van der Waals surface area contributed by atoms with Crippen molar-refractivity contribution in [1.29, 1.82) is 0 Å². The highest BCUT2D eigenvalue weighted by Crippen LogP contribution is 2.16. The first-order valence-corrected chi connectivity index (χ1v) is 8.82. The van der Waals surface area contributed by atoms with Crippen LogP contribution in [0.3, 0.4) is 0 Å². The van der Waals surface area contributed by atoms with E-state index in [1.165, 1.54) is 0 Å². The lowest BCUT2D eigenvalue weighted by atomic mass is 10.1. The molecule has 0 radical (unpaired) electrons. The maximum Gasteiger partial charge on any atom is 0.227 e. The van der Waals surface area contributed by atoms with Gasteiger partial charge in [-0.25, -0.2) is 4.98 Å². The molecule has 1 saturated heterocycles. The number of piperazine rings is 1. The van der Waals surface area contributed by atoms with Crippen LogP contribution in [0.1, 0.15) is 18.2 Å². The molecule has 0 spiro atoms. The number of hydrogen-bond acceptors (Lipinski definition) is 5. The zero-order valence-corrected chi connectivity index (χ0v) is 14.9. The Kier molecular flexibility index (Phi) is 5.48. The van der Waals surface area contributed by atoms with Crippen LogP contribution in [0.25, 0.3) is 0 Å². The van der Waals surface area contributed by atoms with E-state index < -0.39 is 0 Å². The van der Waals surface area contributed by atoms with Crippen molar-refractivity contribution in [2.24, 2.45) is 0 Å². The molecule has 1 aliphatic rings. The van der Waals surface area contributed by atoms with Crippen LogP contribution in [0.2, 0.25) is 0 Å². The minimum absolute atomic E-state index is 0.185. The van der Waals surface area contributed by atoms with Crippen molar-refractivity contribution in [1.82, 2.24) is 14.9 Å². The van der Waals surface area contributed by atoms with Gasteiger partial charge in [0.25, 0.3) is 0 Å². The number of amides is 1. The van der Waals surface area contributed by atoms with Crippen molar-refractivity contribution >= 4 is 17.7 Å². The molecule has 2 heterocycles. The fourth-order valence-electron chi connectivity index (χ4n) is 3.00. The molecule has 0 atom stereocenters. The number of nitrogens with zero attached hydrogens (tertiary/aromatic N) is 4. The zero-order chi connectivity index (χ0) is 17.6. The second-order valence-corrected chi connectivity index (χ2v) is 6.26. The Hall–Kier alpha value is -2.63. The van der Waals surface area contributed by atoms with Crippen molar-refractivity contribution in [3.05, 3.63) is 47.7 Å². The molecule has 3 rings (SSSR count). The minimum Gasteiger partial charge on any atom is -0.370 e. The van der Waals surface area contributed by atoms with E-state index in [1.807, 2.05) is 55.1 Å². The first-order valence-electron chi connectivity index (χ1n) is 8.82. The van der Waals surface area contributed by atoms with E-state index >= 15 is 0 Å². The number of nitrogens with one attached hydrogen (secondary N) is 1. The Bertz CT molecular complexity index is 711. The van der Waals surface area contributed by atoms with Crippen LogP contribution in [0.5, 0.6) is 0 Å². The lowest BCUT2D eigenvalue weighted by Gasteiger charge is -2.35.